The Morgan fingerprint density at radius 3 is 2.44 bits per heavy atom. The molecule has 27 heavy (non-hydrogen) atoms. The quantitative estimate of drug-likeness (QED) is 0.754. The molecule has 1 fully saturated rings. The number of sulfonamides is 1. The molecule has 2 aromatic rings. The number of nitriles is 1. The van der Waals surface area contributed by atoms with Gasteiger partial charge < -0.3 is 4.90 Å². The van der Waals surface area contributed by atoms with Crippen molar-refractivity contribution in [3.8, 4) is 6.07 Å². The van der Waals surface area contributed by atoms with E-state index in [2.05, 4.69) is 11.1 Å². The van der Waals surface area contributed by atoms with Crippen LogP contribution in [0.25, 0.3) is 0 Å². The molecule has 1 aliphatic rings. The van der Waals surface area contributed by atoms with E-state index in [1.807, 2.05) is 4.90 Å². The highest BCUT2D eigenvalue weighted by atomic mass is 35.5. The van der Waals surface area contributed by atoms with Crippen molar-refractivity contribution in [1.82, 2.24) is 9.29 Å². The maximum absolute atomic E-state index is 13.2. The Kier molecular flexibility index (Phi) is 5.63. The number of anilines is 1. The molecule has 0 bridgehead atoms. The lowest BCUT2D eigenvalue weighted by atomic mass is 10.2. The second-order valence-electron chi connectivity index (χ2n) is 6.35. The average molecular weight is 425 g/mol. The molecule has 1 aliphatic heterocycles. The summed E-state index contributed by atoms with van der Waals surface area (Å²) in [7, 11) is -3.77. The number of aromatic nitrogens is 1. The zero-order valence-electron chi connectivity index (χ0n) is 14.9. The van der Waals surface area contributed by atoms with E-state index < -0.39 is 10.0 Å². The monoisotopic (exact) mass is 424 g/mol. The van der Waals surface area contributed by atoms with Crippen LogP contribution in [0.4, 0.5) is 5.82 Å². The molecule has 0 N–H and O–H groups in total. The zero-order valence-corrected chi connectivity index (χ0v) is 17.2. The third-order valence-electron chi connectivity index (χ3n) is 4.62. The standard InChI is InChI=1S/C18H18Cl2N4O2S/c1-12-9-15(19)13(2)18(17(12)20)27(25,26)24-7-5-23(6-8-24)16-10-14(11-21)3-4-22-16/h3-4,9-10H,5-8H2,1-2H3. The number of pyridine rings is 1. The Balaban J connectivity index is 1.85. The van der Waals surface area contributed by atoms with Gasteiger partial charge in [-0.3, -0.25) is 0 Å². The molecule has 1 aromatic carbocycles. The van der Waals surface area contributed by atoms with Crippen molar-refractivity contribution in [2.75, 3.05) is 31.1 Å². The summed E-state index contributed by atoms with van der Waals surface area (Å²) in [5, 5.41) is 9.62. The van der Waals surface area contributed by atoms with Gasteiger partial charge in [0.1, 0.15) is 10.7 Å². The highest BCUT2D eigenvalue weighted by molar-refractivity contribution is 7.89. The molecule has 1 saturated heterocycles. The normalized spacial score (nSPS) is 15.6. The summed E-state index contributed by atoms with van der Waals surface area (Å²) in [6, 6.07) is 7.09. The lowest BCUT2D eigenvalue weighted by Crippen LogP contribution is -2.49. The first-order chi connectivity index (χ1) is 12.8. The van der Waals surface area contributed by atoms with Gasteiger partial charge in [-0.1, -0.05) is 23.2 Å². The highest BCUT2D eigenvalue weighted by Crippen LogP contribution is 2.35. The molecule has 0 unspecified atom stereocenters. The Bertz CT molecular complexity index is 1000. The third-order valence-corrected chi connectivity index (χ3v) is 7.69. The average Bonchev–Trinajstić information content (AvgIpc) is 2.66. The van der Waals surface area contributed by atoms with Crippen LogP contribution in [0.3, 0.4) is 0 Å². The van der Waals surface area contributed by atoms with Gasteiger partial charge in [0.15, 0.2) is 0 Å². The van der Waals surface area contributed by atoms with Gasteiger partial charge in [0.05, 0.1) is 16.7 Å². The summed E-state index contributed by atoms with van der Waals surface area (Å²) < 4.78 is 27.8. The SMILES string of the molecule is Cc1cc(Cl)c(C)c(S(=O)(=O)N2CCN(c3cc(C#N)ccn3)CC2)c1Cl. The predicted molar refractivity (Wildman–Crippen MR) is 106 cm³/mol. The molecule has 142 valence electrons. The lowest BCUT2D eigenvalue weighted by Gasteiger charge is -2.35. The summed E-state index contributed by atoms with van der Waals surface area (Å²) in [4.78, 5) is 6.32. The van der Waals surface area contributed by atoms with Crippen molar-refractivity contribution in [2.45, 2.75) is 18.7 Å². The first-order valence-corrected chi connectivity index (χ1v) is 10.5. The van der Waals surface area contributed by atoms with Crippen molar-refractivity contribution >= 4 is 39.0 Å². The van der Waals surface area contributed by atoms with Crippen LogP contribution in [0, 0.1) is 25.2 Å². The van der Waals surface area contributed by atoms with Crippen LogP contribution in [0.5, 0.6) is 0 Å². The molecule has 0 saturated carbocycles. The molecule has 0 atom stereocenters. The number of nitrogens with zero attached hydrogens (tertiary/aromatic N) is 4. The Hall–Kier alpha value is -1.85. The topological polar surface area (TPSA) is 77.3 Å². The lowest BCUT2D eigenvalue weighted by molar-refractivity contribution is 0.383. The van der Waals surface area contributed by atoms with Crippen LogP contribution in [0.2, 0.25) is 10.0 Å². The van der Waals surface area contributed by atoms with Crippen molar-refractivity contribution in [3.05, 3.63) is 51.1 Å². The minimum Gasteiger partial charge on any atom is -0.354 e. The van der Waals surface area contributed by atoms with E-state index in [-0.39, 0.29) is 9.92 Å². The molecule has 0 amide bonds. The minimum absolute atomic E-state index is 0.0761. The van der Waals surface area contributed by atoms with Crippen LogP contribution >= 0.6 is 23.2 Å². The van der Waals surface area contributed by atoms with Gasteiger partial charge >= 0.3 is 0 Å². The molecule has 9 heteroatoms. The molecule has 6 nitrogen and oxygen atoms in total. The second-order valence-corrected chi connectivity index (χ2v) is 9.01. The fourth-order valence-corrected chi connectivity index (χ4v) is 5.66. The van der Waals surface area contributed by atoms with E-state index >= 15 is 0 Å². The first kappa shape index (κ1) is 19.9. The van der Waals surface area contributed by atoms with Crippen molar-refractivity contribution in [2.24, 2.45) is 0 Å². The number of hydrogen-bond acceptors (Lipinski definition) is 5. The Labute approximate surface area is 169 Å². The molecule has 2 heterocycles. The molecule has 3 rings (SSSR count). The number of halogens is 2. The number of benzene rings is 1. The largest absolute Gasteiger partial charge is 0.354 e. The summed E-state index contributed by atoms with van der Waals surface area (Å²) in [6.07, 6.45) is 1.58. The molecular weight excluding hydrogens is 407 g/mol. The number of hydrogen-bond donors (Lipinski definition) is 0. The van der Waals surface area contributed by atoms with E-state index in [0.717, 1.165) is 0 Å². The van der Waals surface area contributed by atoms with Crippen molar-refractivity contribution in [3.63, 3.8) is 0 Å². The maximum atomic E-state index is 13.2. The summed E-state index contributed by atoms with van der Waals surface area (Å²) >= 11 is 12.5. The van der Waals surface area contributed by atoms with Gasteiger partial charge in [0.25, 0.3) is 0 Å². The minimum atomic E-state index is -3.77. The van der Waals surface area contributed by atoms with Crippen LogP contribution in [-0.4, -0.2) is 43.9 Å². The van der Waals surface area contributed by atoms with E-state index in [9.17, 15) is 8.42 Å². The fourth-order valence-electron chi connectivity index (χ4n) is 3.07. The van der Waals surface area contributed by atoms with Gasteiger partial charge in [-0.15, -0.1) is 0 Å². The van der Waals surface area contributed by atoms with Gasteiger partial charge in [-0.25, -0.2) is 13.4 Å². The molecular formula is C18H18Cl2N4O2S. The fraction of sp³-hybridized carbons (Fsp3) is 0.333. The number of rotatable bonds is 3. The van der Waals surface area contributed by atoms with Crippen LogP contribution in [0.15, 0.2) is 29.3 Å². The zero-order chi connectivity index (χ0) is 19.8. The van der Waals surface area contributed by atoms with Crippen molar-refractivity contribution in [1.29, 1.82) is 5.26 Å². The van der Waals surface area contributed by atoms with Gasteiger partial charge in [-0.05, 0) is 43.2 Å². The van der Waals surface area contributed by atoms with E-state index in [4.69, 9.17) is 28.5 Å². The summed E-state index contributed by atoms with van der Waals surface area (Å²) in [5.41, 5.74) is 1.60. The van der Waals surface area contributed by atoms with Gasteiger partial charge in [0, 0.05) is 37.4 Å². The number of piperazine rings is 1. The predicted octanol–water partition coefficient (Wildman–Crippen LogP) is 3.39. The molecule has 0 radical (unpaired) electrons. The van der Waals surface area contributed by atoms with E-state index in [1.54, 1.807) is 38.2 Å². The second kappa shape index (κ2) is 7.64. The summed E-state index contributed by atoms with van der Waals surface area (Å²) in [6.45, 7) is 4.92. The molecule has 1 aromatic heterocycles. The van der Waals surface area contributed by atoms with E-state index in [1.165, 1.54) is 4.31 Å². The molecule has 0 aliphatic carbocycles. The Morgan fingerprint density at radius 1 is 1.15 bits per heavy atom. The molecule has 0 spiro atoms. The van der Waals surface area contributed by atoms with Crippen LogP contribution in [-0.2, 0) is 10.0 Å². The van der Waals surface area contributed by atoms with Crippen LogP contribution in [0.1, 0.15) is 16.7 Å². The van der Waals surface area contributed by atoms with Gasteiger partial charge in [-0.2, -0.15) is 9.57 Å². The van der Waals surface area contributed by atoms with E-state index in [0.29, 0.717) is 53.7 Å². The van der Waals surface area contributed by atoms with Gasteiger partial charge in [0.2, 0.25) is 10.0 Å². The maximum Gasteiger partial charge on any atom is 0.245 e. The number of aryl methyl sites for hydroxylation is 1. The van der Waals surface area contributed by atoms with Crippen molar-refractivity contribution < 1.29 is 8.42 Å². The third kappa shape index (κ3) is 3.76. The summed E-state index contributed by atoms with van der Waals surface area (Å²) in [5.74, 6) is 0.666. The Morgan fingerprint density at radius 2 is 1.81 bits per heavy atom. The first-order valence-electron chi connectivity index (χ1n) is 8.32. The highest BCUT2D eigenvalue weighted by Gasteiger charge is 2.33. The smallest absolute Gasteiger partial charge is 0.245 e. The van der Waals surface area contributed by atoms with Crippen LogP contribution < -0.4 is 4.90 Å².